The van der Waals surface area contributed by atoms with Crippen LogP contribution in [0.3, 0.4) is 0 Å². The van der Waals surface area contributed by atoms with Gasteiger partial charge in [-0.05, 0) is 46.3 Å². The van der Waals surface area contributed by atoms with Crippen LogP contribution in [0.15, 0.2) is 41.7 Å². The van der Waals surface area contributed by atoms with Gasteiger partial charge in [0.1, 0.15) is 11.9 Å². The lowest BCUT2D eigenvalue weighted by Crippen LogP contribution is -2.34. The molecule has 0 aromatic rings. The zero-order chi connectivity index (χ0) is 20.3. The minimum absolute atomic E-state index is 0.246. The van der Waals surface area contributed by atoms with E-state index in [1.54, 1.807) is 24.1 Å². The third-order valence-corrected chi connectivity index (χ3v) is 2.18. The molecule has 0 aromatic heterocycles. The van der Waals surface area contributed by atoms with Crippen molar-refractivity contribution in [3.05, 3.63) is 36.6 Å². The maximum absolute atomic E-state index is 11.3. The minimum Gasteiger partial charge on any atom is -0.444 e. The number of hydrogen-bond donors (Lipinski definition) is 2. The Labute approximate surface area is 154 Å². The van der Waals surface area contributed by atoms with Crippen molar-refractivity contribution in [2.24, 2.45) is 10.8 Å². The van der Waals surface area contributed by atoms with E-state index >= 15 is 0 Å². The van der Waals surface area contributed by atoms with Crippen LogP contribution in [0, 0.1) is 0 Å². The molecule has 0 heterocycles. The van der Waals surface area contributed by atoms with Gasteiger partial charge in [0.25, 0.3) is 0 Å². The predicted octanol–water partition coefficient (Wildman–Crippen LogP) is 4.41. The van der Waals surface area contributed by atoms with Crippen LogP contribution in [0.2, 0.25) is 0 Å². The topological polar surface area (TPSA) is 80.0 Å². The number of carbonyl (C=O) groups is 1. The number of amides is 1. The molecular weight excluding hydrogens is 316 g/mol. The van der Waals surface area contributed by atoms with Crippen LogP contribution in [-0.2, 0) is 4.74 Å². The van der Waals surface area contributed by atoms with Crippen molar-refractivity contribution in [3.8, 4) is 0 Å². The Bertz CT molecular complexity index is 422. The molecule has 0 aromatic carbocycles. The fourth-order valence-corrected chi connectivity index (χ4v) is 1.31. The second kappa shape index (κ2) is 18.1. The van der Waals surface area contributed by atoms with Crippen LogP contribution < -0.4 is 11.2 Å². The Balaban J connectivity index is -0.000000353. The molecule has 0 atom stereocenters. The molecule has 0 saturated heterocycles. The van der Waals surface area contributed by atoms with E-state index in [0.29, 0.717) is 0 Å². The highest BCUT2D eigenvalue weighted by Gasteiger charge is 2.18. The number of nitrogens with two attached hydrogens (primary N) is 1. The molecule has 0 saturated carbocycles. The first-order chi connectivity index (χ1) is 11.7. The zero-order valence-corrected chi connectivity index (χ0v) is 17.3. The van der Waals surface area contributed by atoms with Gasteiger partial charge < -0.3 is 15.4 Å². The smallest absolute Gasteiger partial charge is 0.410 e. The normalized spacial score (nSPS) is 11.1. The van der Waals surface area contributed by atoms with Crippen molar-refractivity contribution >= 4 is 12.4 Å². The van der Waals surface area contributed by atoms with Crippen LogP contribution in [0.4, 0.5) is 4.79 Å². The molecule has 25 heavy (non-hydrogen) atoms. The van der Waals surface area contributed by atoms with E-state index in [2.05, 4.69) is 17.1 Å². The highest BCUT2D eigenvalue weighted by Crippen LogP contribution is 2.08. The van der Waals surface area contributed by atoms with Gasteiger partial charge >= 0.3 is 6.09 Å². The summed E-state index contributed by atoms with van der Waals surface area (Å²) in [5, 5.41) is 3.64. The third kappa shape index (κ3) is 21.8. The summed E-state index contributed by atoms with van der Waals surface area (Å²) < 4.78 is 5.14. The van der Waals surface area contributed by atoms with Gasteiger partial charge in [-0.2, -0.15) is 5.10 Å². The van der Waals surface area contributed by atoms with Crippen molar-refractivity contribution in [3.63, 3.8) is 0 Å². The average Bonchev–Trinajstić information content (AvgIpc) is 2.54. The second-order valence-electron chi connectivity index (χ2n) is 5.65. The summed E-state index contributed by atoms with van der Waals surface area (Å²) in [6, 6.07) is 0. The molecule has 0 fully saturated rings. The Morgan fingerprint density at radius 1 is 1.36 bits per heavy atom. The molecule has 0 radical (unpaired) electrons. The monoisotopic (exact) mass is 354 g/mol. The number of hydrazone groups is 1. The first kappa shape index (κ1) is 27.6. The van der Waals surface area contributed by atoms with Gasteiger partial charge in [-0.25, -0.2) is 4.79 Å². The van der Waals surface area contributed by atoms with E-state index in [1.165, 1.54) is 6.34 Å². The fourth-order valence-electron chi connectivity index (χ4n) is 1.31. The molecule has 0 aliphatic heterocycles. The largest absolute Gasteiger partial charge is 0.444 e. The first-order valence-corrected chi connectivity index (χ1v) is 8.60. The zero-order valence-electron chi connectivity index (χ0n) is 17.3. The molecule has 0 spiro atoms. The van der Waals surface area contributed by atoms with E-state index in [0.717, 1.165) is 18.7 Å². The molecule has 0 aliphatic carbocycles. The fraction of sp³-hybridized carbons (Fsp3) is 0.579. The first-order valence-electron chi connectivity index (χ1n) is 8.60. The number of carbonyl (C=O) groups excluding carboxylic acids is 1. The van der Waals surface area contributed by atoms with Gasteiger partial charge in [-0.3, -0.25) is 5.43 Å². The Hall–Kier alpha value is -2.24. The summed E-state index contributed by atoms with van der Waals surface area (Å²) in [5.41, 5.74) is 8.22. The summed E-state index contributed by atoms with van der Waals surface area (Å²) >= 11 is 0. The van der Waals surface area contributed by atoms with Crippen molar-refractivity contribution in [1.29, 1.82) is 0 Å². The third-order valence-electron chi connectivity index (χ3n) is 2.18. The lowest BCUT2D eigenvalue weighted by molar-refractivity contribution is 0.0299. The molecule has 146 valence electrons. The van der Waals surface area contributed by atoms with Gasteiger partial charge in [0.05, 0.1) is 5.70 Å². The molecule has 0 bridgehead atoms. The maximum Gasteiger partial charge on any atom is 0.410 e. The number of ether oxygens (including phenoxy) is 1. The maximum atomic E-state index is 11.3. The summed E-state index contributed by atoms with van der Waals surface area (Å²) in [7, 11) is 1.75. The van der Waals surface area contributed by atoms with E-state index in [-0.39, 0.29) is 11.7 Å². The number of hydrogen-bond acceptors (Lipinski definition) is 4. The number of nitrogens with one attached hydrogen (secondary N) is 1. The van der Waals surface area contributed by atoms with Gasteiger partial charge in [0, 0.05) is 13.6 Å². The van der Waals surface area contributed by atoms with Crippen LogP contribution >= 0.6 is 0 Å². The van der Waals surface area contributed by atoms with Gasteiger partial charge in [0.2, 0.25) is 0 Å². The molecule has 6 heteroatoms. The average molecular weight is 355 g/mol. The molecule has 0 rings (SSSR count). The Morgan fingerprint density at radius 3 is 2.28 bits per heavy atom. The molecule has 0 aliphatic rings. The van der Waals surface area contributed by atoms with E-state index < -0.39 is 0 Å². The standard InChI is InChI=1S/C9H19NO2.C8H13N3.C2H6/c1-6-7-10(5)8(11)12-9(2,3)4;1-3-5-8(6-4-2)11-10-7-9;1-2/h6-7H2,1-5H3;3-7,11H,1H2,2H3,(H2,9,10);1-2H3/b;6-4-,8-5+;. The van der Waals surface area contributed by atoms with E-state index in [9.17, 15) is 4.79 Å². The van der Waals surface area contributed by atoms with Crippen molar-refractivity contribution in [1.82, 2.24) is 10.3 Å². The summed E-state index contributed by atoms with van der Waals surface area (Å²) in [6.45, 7) is 17.8. The highest BCUT2D eigenvalue weighted by atomic mass is 16.6. The quantitative estimate of drug-likeness (QED) is 0.320. The lowest BCUT2D eigenvalue weighted by atomic mass is 10.2. The van der Waals surface area contributed by atoms with Crippen molar-refractivity contribution in [2.75, 3.05) is 13.6 Å². The SMILES string of the molecule is C=C/C=C(\C=C/C)N/N=C\N.CC.CCCN(C)C(=O)OC(C)(C)C. The Kier molecular flexibility index (Phi) is 20.0. The van der Waals surface area contributed by atoms with Crippen molar-refractivity contribution in [2.45, 2.75) is 60.5 Å². The van der Waals surface area contributed by atoms with Crippen LogP contribution in [0.5, 0.6) is 0 Å². The minimum atomic E-state index is -0.390. The molecular formula is C19H38N4O2. The molecule has 0 unspecified atom stereocenters. The summed E-state index contributed by atoms with van der Waals surface area (Å²) in [6.07, 6.45) is 9.14. The lowest BCUT2D eigenvalue weighted by Gasteiger charge is -2.24. The van der Waals surface area contributed by atoms with E-state index in [4.69, 9.17) is 10.5 Å². The van der Waals surface area contributed by atoms with Crippen LogP contribution in [-0.4, -0.2) is 36.5 Å². The Morgan fingerprint density at radius 2 is 1.92 bits per heavy atom. The second-order valence-corrected chi connectivity index (χ2v) is 5.65. The van der Waals surface area contributed by atoms with Gasteiger partial charge in [-0.15, -0.1) is 0 Å². The van der Waals surface area contributed by atoms with E-state index in [1.807, 2.05) is 60.6 Å². The van der Waals surface area contributed by atoms with Crippen LogP contribution in [0.25, 0.3) is 0 Å². The molecule has 6 nitrogen and oxygen atoms in total. The molecule has 1 amide bonds. The highest BCUT2D eigenvalue weighted by molar-refractivity contribution is 5.67. The van der Waals surface area contributed by atoms with Gasteiger partial charge in [0.15, 0.2) is 0 Å². The van der Waals surface area contributed by atoms with Crippen LogP contribution in [0.1, 0.15) is 54.9 Å². The number of nitrogens with zero attached hydrogens (tertiary/aromatic N) is 2. The van der Waals surface area contributed by atoms with Gasteiger partial charge in [-0.1, -0.05) is 39.5 Å². The molecule has 3 N–H and O–H groups in total. The predicted molar refractivity (Wildman–Crippen MR) is 109 cm³/mol. The number of rotatable bonds is 6. The summed E-state index contributed by atoms with van der Waals surface area (Å²) in [5.74, 6) is 0. The summed E-state index contributed by atoms with van der Waals surface area (Å²) in [4.78, 5) is 12.8. The number of allylic oxidation sites excluding steroid dienone is 4. The van der Waals surface area contributed by atoms with Crippen molar-refractivity contribution < 1.29 is 9.53 Å².